The fourth-order valence-corrected chi connectivity index (χ4v) is 3.34. The van der Waals surface area contributed by atoms with E-state index >= 15 is 0 Å². The molecule has 2 heterocycles. The lowest BCUT2D eigenvalue weighted by atomic mass is 10.1. The summed E-state index contributed by atoms with van der Waals surface area (Å²) in [5.41, 5.74) is 9.28. The van der Waals surface area contributed by atoms with E-state index in [1.807, 2.05) is 37.3 Å². The zero-order valence-corrected chi connectivity index (χ0v) is 18.0. The van der Waals surface area contributed by atoms with E-state index in [0.717, 1.165) is 18.0 Å². The number of para-hydroxylation sites is 1. The molecule has 0 aliphatic rings. The van der Waals surface area contributed by atoms with E-state index in [1.165, 1.54) is 10.6 Å². The average molecular weight is 445 g/mol. The van der Waals surface area contributed by atoms with Gasteiger partial charge >= 0.3 is 0 Å². The van der Waals surface area contributed by atoms with Crippen molar-refractivity contribution in [2.24, 2.45) is 10.7 Å². The highest BCUT2D eigenvalue weighted by atomic mass is 19.2. The van der Waals surface area contributed by atoms with Crippen LogP contribution in [-0.2, 0) is 0 Å². The third-order valence-electron chi connectivity index (χ3n) is 4.88. The van der Waals surface area contributed by atoms with Gasteiger partial charge in [0.2, 0.25) is 5.43 Å². The molecule has 8 heteroatoms. The second kappa shape index (κ2) is 9.04. The van der Waals surface area contributed by atoms with Crippen molar-refractivity contribution in [3.63, 3.8) is 0 Å². The first-order valence-electron chi connectivity index (χ1n) is 10.1. The molecule has 0 spiro atoms. The van der Waals surface area contributed by atoms with Crippen molar-refractivity contribution in [1.29, 1.82) is 0 Å². The van der Waals surface area contributed by atoms with E-state index in [9.17, 15) is 13.6 Å². The van der Waals surface area contributed by atoms with Crippen LogP contribution in [0.3, 0.4) is 0 Å². The molecular weight excluding hydrogens is 424 g/mol. The zero-order valence-electron chi connectivity index (χ0n) is 18.0. The fourth-order valence-electron chi connectivity index (χ4n) is 3.34. The van der Waals surface area contributed by atoms with E-state index in [0.29, 0.717) is 28.5 Å². The molecule has 0 saturated carbocycles. The monoisotopic (exact) mass is 445 g/mol. The predicted octanol–water partition coefficient (Wildman–Crippen LogP) is 4.59. The SMILES string of the molecule is CC(N)=CC(=Nc1ccccc1)c1nn(-c2ccc(-n3cc(F)c(F)c3)cc2C)ccc1=O. The Morgan fingerprint density at radius 3 is 2.39 bits per heavy atom. The van der Waals surface area contributed by atoms with Crippen LogP contribution in [0.5, 0.6) is 0 Å². The van der Waals surface area contributed by atoms with Crippen molar-refractivity contribution in [1.82, 2.24) is 14.3 Å². The van der Waals surface area contributed by atoms with Gasteiger partial charge < -0.3 is 10.3 Å². The molecule has 2 aromatic carbocycles. The normalized spacial score (nSPS) is 12.2. The number of benzene rings is 2. The fraction of sp³-hybridized carbons (Fsp3) is 0.0800. The van der Waals surface area contributed by atoms with Gasteiger partial charge in [-0.05, 0) is 55.8 Å². The lowest BCUT2D eigenvalue weighted by molar-refractivity contribution is 0.516. The summed E-state index contributed by atoms with van der Waals surface area (Å²) in [6.07, 6.45) is 5.31. The Balaban J connectivity index is 1.79. The lowest BCUT2D eigenvalue weighted by Crippen LogP contribution is -2.21. The molecule has 4 aromatic rings. The molecule has 2 N–H and O–H groups in total. The highest BCUT2D eigenvalue weighted by Gasteiger charge is 2.13. The largest absolute Gasteiger partial charge is 0.402 e. The van der Waals surface area contributed by atoms with Gasteiger partial charge in [0, 0.05) is 36.0 Å². The molecule has 0 aliphatic heterocycles. The van der Waals surface area contributed by atoms with Crippen molar-refractivity contribution >= 4 is 11.4 Å². The van der Waals surface area contributed by atoms with Crippen molar-refractivity contribution in [3.8, 4) is 11.4 Å². The standard InChI is InChI=1S/C25H21F2N5O/c1-16-12-19(31-14-20(26)21(27)15-31)8-9-23(16)32-11-10-24(33)25(30-32)22(13-17(2)28)29-18-6-4-3-5-7-18/h3-15H,28H2,1-2H3. The molecule has 0 radical (unpaired) electrons. The van der Waals surface area contributed by atoms with Crippen LogP contribution < -0.4 is 11.2 Å². The first-order chi connectivity index (χ1) is 15.8. The zero-order chi connectivity index (χ0) is 23.5. The summed E-state index contributed by atoms with van der Waals surface area (Å²) >= 11 is 0. The first kappa shape index (κ1) is 21.9. The minimum Gasteiger partial charge on any atom is -0.402 e. The minimum absolute atomic E-state index is 0.143. The third-order valence-corrected chi connectivity index (χ3v) is 4.88. The van der Waals surface area contributed by atoms with E-state index in [-0.39, 0.29) is 11.1 Å². The summed E-state index contributed by atoms with van der Waals surface area (Å²) < 4.78 is 29.7. The summed E-state index contributed by atoms with van der Waals surface area (Å²) in [4.78, 5) is 17.2. The van der Waals surface area contributed by atoms with Crippen LogP contribution in [0.1, 0.15) is 18.2 Å². The molecule has 166 valence electrons. The number of hydrogen-bond acceptors (Lipinski definition) is 4. The molecular formula is C25H21F2N5O. The minimum atomic E-state index is -0.920. The number of nitrogens with zero attached hydrogens (tertiary/aromatic N) is 4. The number of aliphatic imine (C=N–C) groups is 1. The lowest BCUT2D eigenvalue weighted by Gasteiger charge is -2.12. The van der Waals surface area contributed by atoms with Crippen molar-refractivity contribution in [2.75, 3.05) is 0 Å². The van der Waals surface area contributed by atoms with E-state index < -0.39 is 11.6 Å². The molecule has 33 heavy (non-hydrogen) atoms. The van der Waals surface area contributed by atoms with Gasteiger partial charge in [-0.15, -0.1) is 0 Å². The molecule has 4 rings (SSSR count). The average Bonchev–Trinajstić information content (AvgIpc) is 3.12. The summed E-state index contributed by atoms with van der Waals surface area (Å²) in [5.74, 6) is -1.84. The molecule has 0 amide bonds. The van der Waals surface area contributed by atoms with E-state index in [4.69, 9.17) is 5.73 Å². The van der Waals surface area contributed by atoms with Gasteiger partial charge in [-0.1, -0.05) is 18.2 Å². The Labute approximate surface area is 189 Å². The number of rotatable bonds is 5. The van der Waals surface area contributed by atoms with Crippen LogP contribution in [0.15, 0.2) is 94.7 Å². The Morgan fingerprint density at radius 1 is 1.06 bits per heavy atom. The number of hydrogen-bond donors (Lipinski definition) is 1. The first-order valence-corrected chi connectivity index (χ1v) is 10.1. The van der Waals surface area contributed by atoms with Gasteiger partial charge in [0.05, 0.1) is 17.1 Å². The predicted molar refractivity (Wildman–Crippen MR) is 124 cm³/mol. The second-order valence-corrected chi connectivity index (χ2v) is 7.53. The topological polar surface area (TPSA) is 78.2 Å². The number of aromatic nitrogens is 3. The van der Waals surface area contributed by atoms with Gasteiger partial charge in [0.15, 0.2) is 17.3 Å². The molecule has 0 atom stereocenters. The molecule has 0 bridgehead atoms. The van der Waals surface area contributed by atoms with E-state index in [2.05, 4.69) is 10.1 Å². The quantitative estimate of drug-likeness (QED) is 0.456. The number of halogens is 2. The van der Waals surface area contributed by atoms with Gasteiger partial charge in [0.1, 0.15) is 0 Å². The molecule has 0 aliphatic carbocycles. The Hall–Kier alpha value is -4.33. The Morgan fingerprint density at radius 2 is 1.76 bits per heavy atom. The molecule has 0 fully saturated rings. The Bertz CT molecular complexity index is 1410. The maximum Gasteiger partial charge on any atom is 0.209 e. The van der Waals surface area contributed by atoms with E-state index in [1.54, 1.807) is 42.1 Å². The summed E-state index contributed by atoms with van der Waals surface area (Å²) in [6, 6.07) is 15.9. The maximum absolute atomic E-state index is 13.4. The van der Waals surface area contributed by atoms with Crippen LogP contribution in [0, 0.1) is 18.6 Å². The third kappa shape index (κ3) is 4.79. The van der Waals surface area contributed by atoms with Crippen molar-refractivity contribution < 1.29 is 8.78 Å². The molecule has 2 aromatic heterocycles. The molecule has 0 unspecified atom stereocenters. The van der Waals surface area contributed by atoms with Crippen molar-refractivity contribution in [3.05, 3.63) is 118 Å². The highest BCUT2D eigenvalue weighted by molar-refractivity contribution is 6.08. The van der Waals surface area contributed by atoms with Crippen LogP contribution in [0.2, 0.25) is 0 Å². The van der Waals surface area contributed by atoms with Crippen LogP contribution >= 0.6 is 0 Å². The van der Waals surface area contributed by atoms with Gasteiger partial charge in [-0.25, -0.2) is 18.5 Å². The summed E-state index contributed by atoms with van der Waals surface area (Å²) in [7, 11) is 0. The molecule has 0 saturated heterocycles. The maximum atomic E-state index is 13.4. The smallest absolute Gasteiger partial charge is 0.209 e. The second-order valence-electron chi connectivity index (χ2n) is 7.53. The van der Waals surface area contributed by atoms with Gasteiger partial charge in [-0.3, -0.25) is 4.79 Å². The summed E-state index contributed by atoms with van der Waals surface area (Å²) in [6.45, 7) is 3.55. The molecule has 6 nitrogen and oxygen atoms in total. The highest BCUT2D eigenvalue weighted by Crippen LogP contribution is 2.20. The number of aryl methyl sites for hydroxylation is 1. The van der Waals surface area contributed by atoms with Crippen LogP contribution in [0.25, 0.3) is 11.4 Å². The van der Waals surface area contributed by atoms with Crippen molar-refractivity contribution in [2.45, 2.75) is 13.8 Å². The number of allylic oxidation sites excluding steroid dienone is 2. The van der Waals surface area contributed by atoms with Gasteiger partial charge in [0.25, 0.3) is 0 Å². The van der Waals surface area contributed by atoms with Gasteiger partial charge in [-0.2, -0.15) is 5.10 Å². The number of nitrogens with two attached hydrogens (primary N) is 1. The van der Waals surface area contributed by atoms with Crippen LogP contribution in [0.4, 0.5) is 14.5 Å². The Kier molecular flexibility index (Phi) is 5.99. The van der Waals surface area contributed by atoms with Crippen LogP contribution in [-0.4, -0.2) is 20.1 Å². The summed E-state index contributed by atoms with van der Waals surface area (Å²) in [5, 5.41) is 4.52.